The molecular formula is C20H19ClF3N5OS. The summed E-state index contributed by atoms with van der Waals surface area (Å²) in [6, 6.07) is 7.39. The van der Waals surface area contributed by atoms with Crippen LogP contribution in [0, 0.1) is 0 Å². The second kappa shape index (κ2) is 10.1. The molecule has 0 atom stereocenters. The van der Waals surface area contributed by atoms with E-state index in [0.29, 0.717) is 29.4 Å². The van der Waals surface area contributed by atoms with E-state index in [1.54, 1.807) is 29.3 Å². The topological polar surface area (TPSA) is 63.9 Å². The first kappa shape index (κ1) is 23.1. The first-order chi connectivity index (χ1) is 14.8. The van der Waals surface area contributed by atoms with Crippen LogP contribution in [0.1, 0.15) is 24.7 Å². The van der Waals surface area contributed by atoms with E-state index in [2.05, 4.69) is 15.1 Å². The second-order valence-corrected chi connectivity index (χ2v) is 7.88. The quantitative estimate of drug-likeness (QED) is 0.434. The molecule has 0 spiro atoms. The number of hydrogen-bond acceptors (Lipinski definition) is 5. The lowest BCUT2D eigenvalue weighted by Gasteiger charge is -2.19. The van der Waals surface area contributed by atoms with Gasteiger partial charge in [0.2, 0.25) is 5.91 Å². The first-order valence-corrected chi connectivity index (χ1v) is 10.9. The van der Waals surface area contributed by atoms with Crippen LogP contribution in [0.15, 0.2) is 48.9 Å². The Kier molecular flexibility index (Phi) is 7.55. The van der Waals surface area contributed by atoms with E-state index in [0.717, 1.165) is 6.07 Å². The maximum Gasteiger partial charge on any atom is 0.433 e. The summed E-state index contributed by atoms with van der Waals surface area (Å²) in [6.45, 7) is 2.23. The van der Waals surface area contributed by atoms with E-state index < -0.39 is 11.9 Å². The van der Waals surface area contributed by atoms with Crippen molar-refractivity contribution in [2.75, 3.05) is 17.2 Å². The summed E-state index contributed by atoms with van der Waals surface area (Å²) in [6.07, 6.45) is 0.664. The fraction of sp³-hybridized carbons (Fsp3) is 0.300. The Bertz CT molecular complexity index is 1030. The highest BCUT2D eigenvalue weighted by molar-refractivity contribution is 7.98. The van der Waals surface area contributed by atoms with Gasteiger partial charge in [-0.3, -0.25) is 9.78 Å². The number of anilines is 1. The smallest absolute Gasteiger partial charge is 0.308 e. The minimum Gasteiger partial charge on any atom is -0.308 e. The zero-order valence-electron chi connectivity index (χ0n) is 16.5. The molecule has 0 radical (unpaired) electrons. The molecule has 0 N–H and O–H groups in total. The minimum absolute atomic E-state index is 0.153. The number of alkyl halides is 3. The first-order valence-electron chi connectivity index (χ1n) is 9.36. The summed E-state index contributed by atoms with van der Waals surface area (Å²) in [5, 5.41) is 4.43. The summed E-state index contributed by atoms with van der Waals surface area (Å²) in [5.41, 5.74) is 0.602. The molecular weight excluding hydrogens is 451 g/mol. The van der Waals surface area contributed by atoms with Gasteiger partial charge in [-0.25, -0.2) is 9.67 Å². The molecule has 0 unspecified atom stereocenters. The van der Waals surface area contributed by atoms with Gasteiger partial charge in [0, 0.05) is 30.7 Å². The Morgan fingerprint density at radius 2 is 2.06 bits per heavy atom. The number of rotatable bonds is 8. The molecule has 0 aromatic carbocycles. The van der Waals surface area contributed by atoms with Crippen LogP contribution in [-0.4, -0.2) is 38.0 Å². The molecule has 1 amide bonds. The molecule has 3 aromatic rings. The molecule has 11 heteroatoms. The van der Waals surface area contributed by atoms with E-state index in [1.807, 2.05) is 13.0 Å². The van der Waals surface area contributed by atoms with E-state index in [-0.39, 0.29) is 23.2 Å². The van der Waals surface area contributed by atoms with Gasteiger partial charge >= 0.3 is 6.18 Å². The van der Waals surface area contributed by atoms with Crippen LogP contribution in [-0.2, 0) is 16.7 Å². The van der Waals surface area contributed by atoms with Crippen molar-refractivity contribution in [3.63, 3.8) is 0 Å². The van der Waals surface area contributed by atoms with E-state index in [4.69, 9.17) is 11.6 Å². The molecule has 3 aromatic heterocycles. The van der Waals surface area contributed by atoms with Gasteiger partial charge in [0.15, 0.2) is 5.15 Å². The summed E-state index contributed by atoms with van der Waals surface area (Å²) >= 11 is 7.60. The van der Waals surface area contributed by atoms with Crippen molar-refractivity contribution in [2.24, 2.45) is 0 Å². The van der Waals surface area contributed by atoms with Gasteiger partial charge in [0.25, 0.3) is 0 Å². The molecule has 31 heavy (non-hydrogen) atoms. The van der Waals surface area contributed by atoms with Crippen molar-refractivity contribution in [3.8, 4) is 5.69 Å². The molecule has 0 aliphatic rings. The third-order valence-electron chi connectivity index (χ3n) is 4.28. The molecule has 0 aliphatic heterocycles. The van der Waals surface area contributed by atoms with Crippen LogP contribution < -0.4 is 4.90 Å². The lowest BCUT2D eigenvalue weighted by atomic mass is 10.3. The zero-order valence-corrected chi connectivity index (χ0v) is 18.1. The van der Waals surface area contributed by atoms with Crippen LogP contribution in [0.4, 0.5) is 18.9 Å². The Balaban J connectivity index is 1.58. The molecule has 0 fully saturated rings. The summed E-state index contributed by atoms with van der Waals surface area (Å²) < 4.78 is 39.8. The number of carbonyl (C=O) groups is 1. The van der Waals surface area contributed by atoms with Gasteiger partial charge < -0.3 is 4.90 Å². The number of pyridine rings is 2. The molecule has 0 saturated carbocycles. The van der Waals surface area contributed by atoms with Crippen molar-refractivity contribution in [3.05, 3.63) is 65.5 Å². The zero-order chi connectivity index (χ0) is 22.4. The van der Waals surface area contributed by atoms with Crippen molar-refractivity contribution in [1.82, 2.24) is 19.7 Å². The maximum absolute atomic E-state index is 12.8. The lowest BCUT2D eigenvalue weighted by Crippen LogP contribution is -2.30. The maximum atomic E-state index is 12.8. The van der Waals surface area contributed by atoms with E-state index in [9.17, 15) is 18.0 Å². The van der Waals surface area contributed by atoms with Crippen LogP contribution >= 0.6 is 23.4 Å². The van der Waals surface area contributed by atoms with Crippen molar-refractivity contribution < 1.29 is 18.0 Å². The van der Waals surface area contributed by atoms with Crippen molar-refractivity contribution >= 4 is 35.0 Å². The minimum atomic E-state index is -4.47. The van der Waals surface area contributed by atoms with Gasteiger partial charge in [0.05, 0.1) is 23.8 Å². The number of thioether (sulfide) groups is 1. The molecule has 3 heterocycles. The molecule has 3 rings (SSSR count). The van der Waals surface area contributed by atoms with Gasteiger partial charge in [-0.1, -0.05) is 17.7 Å². The van der Waals surface area contributed by atoms with Crippen LogP contribution in [0.5, 0.6) is 0 Å². The molecule has 0 bridgehead atoms. The van der Waals surface area contributed by atoms with Gasteiger partial charge in [-0.15, -0.1) is 0 Å². The number of nitrogens with zero attached hydrogens (tertiary/aromatic N) is 5. The fourth-order valence-corrected chi connectivity index (χ4v) is 3.88. The number of aromatic nitrogens is 4. The average molecular weight is 470 g/mol. The third kappa shape index (κ3) is 5.98. The van der Waals surface area contributed by atoms with Crippen LogP contribution in [0.25, 0.3) is 5.69 Å². The standard InChI is InChI=1S/C20H19ClF3N5OS/c1-2-28(16-12-29(27-19(16)21)15-6-4-9-25-11-15)18(30)8-10-31-13-14-5-3-7-17(26-14)20(22,23)24/h3-7,9,11-12H,2,8,10,13H2,1H3. The largest absolute Gasteiger partial charge is 0.433 e. The van der Waals surface area contributed by atoms with E-state index in [1.165, 1.54) is 28.8 Å². The molecule has 164 valence electrons. The Hall–Kier alpha value is -2.59. The summed E-state index contributed by atoms with van der Waals surface area (Å²) in [5.74, 6) is 0.560. The number of amides is 1. The average Bonchev–Trinajstić information content (AvgIpc) is 3.13. The highest BCUT2D eigenvalue weighted by Gasteiger charge is 2.32. The fourth-order valence-electron chi connectivity index (χ4n) is 2.82. The monoisotopic (exact) mass is 469 g/mol. The number of halogens is 4. The Morgan fingerprint density at radius 1 is 1.26 bits per heavy atom. The highest BCUT2D eigenvalue weighted by atomic mass is 35.5. The normalized spacial score (nSPS) is 11.5. The third-order valence-corrected chi connectivity index (χ3v) is 5.54. The van der Waals surface area contributed by atoms with Gasteiger partial charge in [-0.05, 0) is 31.2 Å². The molecule has 0 aliphatic carbocycles. The second-order valence-electron chi connectivity index (χ2n) is 6.41. The predicted octanol–water partition coefficient (Wildman–Crippen LogP) is 5.01. The van der Waals surface area contributed by atoms with Crippen molar-refractivity contribution in [2.45, 2.75) is 25.3 Å². The Labute approximate surface area is 186 Å². The van der Waals surface area contributed by atoms with Gasteiger partial charge in [-0.2, -0.15) is 30.0 Å². The van der Waals surface area contributed by atoms with Crippen LogP contribution in [0.2, 0.25) is 5.15 Å². The van der Waals surface area contributed by atoms with E-state index >= 15 is 0 Å². The van der Waals surface area contributed by atoms with Gasteiger partial charge in [0.1, 0.15) is 11.4 Å². The summed E-state index contributed by atoms with van der Waals surface area (Å²) in [4.78, 5) is 21.9. The summed E-state index contributed by atoms with van der Waals surface area (Å²) in [7, 11) is 0. The highest BCUT2D eigenvalue weighted by Crippen LogP contribution is 2.29. The predicted molar refractivity (Wildman–Crippen MR) is 114 cm³/mol. The lowest BCUT2D eigenvalue weighted by molar-refractivity contribution is -0.141. The number of carbonyl (C=O) groups excluding carboxylic acids is 1. The molecule has 0 saturated heterocycles. The Morgan fingerprint density at radius 3 is 2.74 bits per heavy atom. The molecule has 6 nitrogen and oxygen atoms in total. The SMILES string of the molecule is CCN(C(=O)CCSCc1cccc(C(F)(F)F)n1)c1cn(-c2cccnc2)nc1Cl. The van der Waals surface area contributed by atoms with Crippen LogP contribution in [0.3, 0.4) is 0 Å². The van der Waals surface area contributed by atoms with Crippen molar-refractivity contribution in [1.29, 1.82) is 0 Å². The number of hydrogen-bond donors (Lipinski definition) is 0.